The molecule has 1 fully saturated rings. The number of rotatable bonds is 6. The molecule has 1 atom stereocenters. The quantitative estimate of drug-likeness (QED) is 0.612. The number of ketones is 1. The maximum absolute atomic E-state index is 13.1. The van der Waals surface area contributed by atoms with Gasteiger partial charge in [-0.15, -0.1) is 0 Å². The highest BCUT2D eigenvalue weighted by atomic mass is 16.2. The van der Waals surface area contributed by atoms with E-state index in [1.165, 1.54) is 5.56 Å². The average Bonchev–Trinajstić information content (AvgIpc) is 2.88. The summed E-state index contributed by atoms with van der Waals surface area (Å²) in [4.78, 5) is 39.3. The molecule has 0 radical (unpaired) electrons. The van der Waals surface area contributed by atoms with Crippen molar-refractivity contribution >= 4 is 17.7 Å². The van der Waals surface area contributed by atoms with Gasteiger partial charge in [-0.25, -0.2) is 4.79 Å². The molecule has 5 nitrogen and oxygen atoms in total. The van der Waals surface area contributed by atoms with Crippen LogP contribution >= 0.6 is 0 Å². The molecule has 1 saturated heterocycles. The summed E-state index contributed by atoms with van der Waals surface area (Å²) in [5.74, 6) is -0.647. The number of Topliss-reactive ketones (excluding diaryl/α,β-unsaturated/α-hetero) is 1. The van der Waals surface area contributed by atoms with Gasteiger partial charge in [0.2, 0.25) is 0 Å². The van der Waals surface area contributed by atoms with Gasteiger partial charge in [-0.1, -0.05) is 55.3 Å². The van der Waals surface area contributed by atoms with Crippen LogP contribution in [0.5, 0.6) is 0 Å². The van der Waals surface area contributed by atoms with Crippen molar-refractivity contribution in [1.82, 2.24) is 10.2 Å². The van der Waals surface area contributed by atoms with Crippen molar-refractivity contribution in [3.8, 4) is 0 Å². The highest BCUT2D eigenvalue weighted by Gasteiger charge is 2.49. The van der Waals surface area contributed by atoms with Crippen molar-refractivity contribution in [2.24, 2.45) is 0 Å². The van der Waals surface area contributed by atoms with E-state index >= 15 is 0 Å². The SMILES string of the molecule is CCCc1ccc([C@]2(C)NC(=O)N(CC(=O)c3cc(C)ccc3C)C2=O)cc1. The fraction of sp³-hybridized carbons (Fsp3) is 0.348. The third-order valence-corrected chi connectivity index (χ3v) is 5.34. The van der Waals surface area contributed by atoms with E-state index in [9.17, 15) is 14.4 Å². The largest absolute Gasteiger partial charge is 0.325 e. The van der Waals surface area contributed by atoms with Crippen LogP contribution in [-0.4, -0.2) is 29.2 Å². The van der Waals surface area contributed by atoms with Crippen molar-refractivity contribution < 1.29 is 14.4 Å². The smallest absolute Gasteiger partial charge is 0.319 e. The van der Waals surface area contributed by atoms with Gasteiger partial charge in [0.15, 0.2) is 5.78 Å². The number of amides is 3. The van der Waals surface area contributed by atoms with E-state index in [2.05, 4.69) is 12.2 Å². The summed E-state index contributed by atoms with van der Waals surface area (Å²) in [7, 11) is 0. The molecule has 2 aromatic rings. The summed E-state index contributed by atoms with van der Waals surface area (Å²) in [6, 6.07) is 12.8. The minimum Gasteiger partial charge on any atom is -0.319 e. The zero-order chi connectivity index (χ0) is 20.5. The first-order chi connectivity index (χ1) is 13.3. The Labute approximate surface area is 165 Å². The van der Waals surface area contributed by atoms with Crippen LogP contribution < -0.4 is 5.32 Å². The maximum Gasteiger partial charge on any atom is 0.325 e. The zero-order valence-electron chi connectivity index (χ0n) is 16.8. The number of nitrogens with zero attached hydrogens (tertiary/aromatic N) is 1. The number of urea groups is 1. The van der Waals surface area contributed by atoms with E-state index in [1.54, 1.807) is 13.0 Å². The molecule has 3 rings (SSSR count). The second kappa shape index (κ2) is 7.58. The molecule has 0 unspecified atom stereocenters. The van der Waals surface area contributed by atoms with Crippen molar-refractivity contribution in [2.45, 2.75) is 46.1 Å². The van der Waals surface area contributed by atoms with Gasteiger partial charge in [-0.3, -0.25) is 14.5 Å². The predicted molar refractivity (Wildman–Crippen MR) is 108 cm³/mol. The highest BCUT2D eigenvalue weighted by Crippen LogP contribution is 2.29. The monoisotopic (exact) mass is 378 g/mol. The Kier molecular flexibility index (Phi) is 5.36. The first-order valence-corrected chi connectivity index (χ1v) is 9.60. The minimum atomic E-state index is -1.16. The molecule has 0 spiro atoms. The predicted octanol–water partition coefficient (Wildman–Crippen LogP) is 3.91. The van der Waals surface area contributed by atoms with Gasteiger partial charge >= 0.3 is 6.03 Å². The van der Waals surface area contributed by atoms with E-state index in [0.717, 1.165) is 28.9 Å². The van der Waals surface area contributed by atoms with Crippen LogP contribution in [0.2, 0.25) is 0 Å². The summed E-state index contributed by atoms with van der Waals surface area (Å²) in [5, 5.41) is 2.77. The van der Waals surface area contributed by atoms with Gasteiger partial charge < -0.3 is 5.32 Å². The van der Waals surface area contributed by atoms with Gasteiger partial charge in [-0.05, 0) is 49.9 Å². The average molecular weight is 378 g/mol. The molecule has 0 aliphatic carbocycles. The molecule has 1 aliphatic rings. The normalized spacial score (nSPS) is 19.1. The minimum absolute atomic E-state index is 0.243. The fourth-order valence-electron chi connectivity index (χ4n) is 3.59. The Hall–Kier alpha value is -2.95. The van der Waals surface area contributed by atoms with Crippen LogP contribution in [0.4, 0.5) is 4.79 Å². The van der Waals surface area contributed by atoms with Crippen molar-refractivity contribution in [1.29, 1.82) is 0 Å². The molecular weight excluding hydrogens is 352 g/mol. The van der Waals surface area contributed by atoms with Crippen LogP contribution in [0.1, 0.15) is 52.9 Å². The Balaban J connectivity index is 1.83. The second-order valence-corrected chi connectivity index (χ2v) is 7.63. The molecule has 3 amide bonds. The summed E-state index contributed by atoms with van der Waals surface area (Å²) in [5.41, 5.74) is 3.07. The summed E-state index contributed by atoms with van der Waals surface area (Å²) in [6.45, 7) is 7.29. The van der Waals surface area contributed by atoms with Crippen molar-refractivity contribution in [3.05, 3.63) is 70.3 Å². The standard InChI is InChI=1S/C23H26N2O3/c1-5-6-17-9-11-18(12-10-17)23(4)21(27)25(22(28)24-23)14-20(26)19-13-15(2)7-8-16(19)3/h7-13H,5-6,14H2,1-4H3,(H,24,28)/t23-/m0/s1. The molecule has 1 aliphatic heterocycles. The second-order valence-electron chi connectivity index (χ2n) is 7.63. The molecule has 0 aromatic heterocycles. The molecule has 146 valence electrons. The molecule has 1 N–H and O–H groups in total. The molecule has 5 heteroatoms. The van der Waals surface area contributed by atoms with Gasteiger partial charge in [0, 0.05) is 5.56 Å². The van der Waals surface area contributed by atoms with E-state index in [4.69, 9.17) is 0 Å². The molecule has 28 heavy (non-hydrogen) atoms. The number of aryl methyl sites for hydroxylation is 3. The number of carbonyl (C=O) groups is 3. The number of carbonyl (C=O) groups excluding carboxylic acids is 3. The lowest BCUT2D eigenvalue weighted by Crippen LogP contribution is -2.41. The van der Waals surface area contributed by atoms with Gasteiger partial charge in [-0.2, -0.15) is 0 Å². The molecule has 1 heterocycles. The van der Waals surface area contributed by atoms with E-state index in [1.807, 2.05) is 50.2 Å². The first kappa shape index (κ1) is 19.8. The molecule has 0 bridgehead atoms. The number of hydrogen-bond donors (Lipinski definition) is 1. The van der Waals surface area contributed by atoms with Crippen LogP contribution in [0.25, 0.3) is 0 Å². The van der Waals surface area contributed by atoms with Crippen LogP contribution in [0, 0.1) is 13.8 Å². The third-order valence-electron chi connectivity index (χ3n) is 5.34. The Bertz CT molecular complexity index is 933. The molecule has 2 aromatic carbocycles. The number of benzene rings is 2. The third kappa shape index (κ3) is 3.57. The lowest BCUT2D eigenvalue weighted by molar-refractivity contribution is -0.130. The van der Waals surface area contributed by atoms with Gasteiger partial charge in [0.1, 0.15) is 5.54 Å². The summed E-state index contributed by atoms with van der Waals surface area (Å²) in [6.07, 6.45) is 2.01. The Morgan fingerprint density at radius 1 is 1.07 bits per heavy atom. The van der Waals surface area contributed by atoms with E-state index in [0.29, 0.717) is 11.1 Å². The molecule has 0 saturated carbocycles. The van der Waals surface area contributed by atoms with Crippen molar-refractivity contribution in [3.63, 3.8) is 0 Å². The molecular formula is C23H26N2O3. The first-order valence-electron chi connectivity index (χ1n) is 9.60. The Morgan fingerprint density at radius 2 is 1.75 bits per heavy atom. The maximum atomic E-state index is 13.1. The van der Waals surface area contributed by atoms with E-state index in [-0.39, 0.29) is 12.3 Å². The number of imide groups is 1. The summed E-state index contributed by atoms with van der Waals surface area (Å²) >= 11 is 0. The van der Waals surface area contributed by atoms with Gasteiger partial charge in [0.05, 0.1) is 6.54 Å². The highest BCUT2D eigenvalue weighted by molar-refractivity contribution is 6.11. The number of nitrogens with one attached hydrogen (secondary N) is 1. The topological polar surface area (TPSA) is 66.5 Å². The summed E-state index contributed by atoms with van der Waals surface area (Å²) < 4.78 is 0. The van der Waals surface area contributed by atoms with Crippen LogP contribution in [-0.2, 0) is 16.8 Å². The van der Waals surface area contributed by atoms with Gasteiger partial charge in [0.25, 0.3) is 5.91 Å². The van der Waals surface area contributed by atoms with Crippen molar-refractivity contribution in [2.75, 3.05) is 6.54 Å². The lowest BCUT2D eigenvalue weighted by Gasteiger charge is -2.22. The van der Waals surface area contributed by atoms with Crippen LogP contribution in [0.15, 0.2) is 42.5 Å². The number of hydrogen-bond acceptors (Lipinski definition) is 3. The zero-order valence-corrected chi connectivity index (χ0v) is 16.8. The van der Waals surface area contributed by atoms with E-state index < -0.39 is 17.5 Å². The lowest BCUT2D eigenvalue weighted by atomic mass is 9.91. The van der Waals surface area contributed by atoms with Crippen LogP contribution in [0.3, 0.4) is 0 Å². The Morgan fingerprint density at radius 3 is 2.39 bits per heavy atom. The fourth-order valence-corrected chi connectivity index (χ4v) is 3.59.